The molecule has 0 aliphatic carbocycles. The van der Waals surface area contributed by atoms with Crippen LogP contribution >= 0.6 is 15.9 Å². The molecule has 6 heteroatoms. The molecule has 5 nitrogen and oxygen atoms in total. The molecule has 0 fully saturated rings. The van der Waals surface area contributed by atoms with Crippen molar-refractivity contribution in [3.05, 3.63) is 63.6 Å². The molecule has 0 bridgehead atoms. The third-order valence-electron chi connectivity index (χ3n) is 5.16. The molecule has 0 unspecified atom stereocenters. The summed E-state index contributed by atoms with van der Waals surface area (Å²) in [5.74, 6) is 0.626. The third kappa shape index (κ3) is 7.39. The minimum atomic E-state index is -0.555. The summed E-state index contributed by atoms with van der Waals surface area (Å²) in [6, 6.07) is 13.0. The monoisotopic (exact) mass is 488 g/mol. The highest BCUT2D eigenvalue weighted by atomic mass is 79.9. The molecule has 0 radical (unpaired) electrons. The van der Waals surface area contributed by atoms with E-state index in [0.29, 0.717) is 31.2 Å². The molecule has 0 aromatic heterocycles. The van der Waals surface area contributed by atoms with Gasteiger partial charge in [0.2, 0.25) is 5.91 Å². The van der Waals surface area contributed by atoms with Gasteiger partial charge in [-0.3, -0.25) is 9.59 Å². The van der Waals surface area contributed by atoms with E-state index < -0.39 is 6.04 Å². The third-order valence-corrected chi connectivity index (χ3v) is 6.05. The fraction of sp³-hybridized carbons (Fsp3) is 0.440. The lowest BCUT2D eigenvalue weighted by atomic mass is 10.1. The SMILES string of the molecule is CC[C@@H](C(=O)NCC(C)C)N(Cc1ccccc1C)C(=O)COc1ccc(Br)c(C)c1. The highest BCUT2D eigenvalue weighted by Crippen LogP contribution is 2.22. The van der Waals surface area contributed by atoms with Gasteiger partial charge in [0, 0.05) is 17.6 Å². The first-order chi connectivity index (χ1) is 14.7. The number of benzene rings is 2. The maximum atomic E-state index is 13.2. The fourth-order valence-electron chi connectivity index (χ4n) is 3.25. The normalized spacial score (nSPS) is 11.8. The Morgan fingerprint density at radius 3 is 2.42 bits per heavy atom. The predicted molar refractivity (Wildman–Crippen MR) is 128 cm³/mol. The number of hydrogen-bond donors (Lipinski definition) is 1. The number of hydrogen-bond acceptors (Lipinski definition) is 3. The van der Waals surface area contributed by atoms with Crippen molar-refractivity contribution >= 4 is 27.7 Å². The number of nitrogens with one attached hydrogen (secondary N) is 1. The molecule has 0 saturated carbocycles. The van der Waals surface area contributed by atoms with E-state index in [-0.39, 0.29) is 18.4 Å². The smallest absolute Gasteiger partial charge is 0.261 e. The van der Waals surface area contributed by atoms with Crippen LogP contribution in [0.15, 0.2) is 46.9 Å². The molecule has 168 valence electrons. The zero-order chi connectivity index (χ0) is 23.0. The second kappa shape index (κ2) is 11.9. The number of amides is 2. The number of carbonyl (C=O) groups is 2. The van der Waals surface area contributed by atoms with E-state index in [1.807, 2.05) is 77.1 Å². The molecule has 31 heavy (non-hydrogen) atoms. The van der Waals surface area contributed by atoms with Gasteiger partial charge in [-0.1, -0.05) is 61.0 Å². The van der Waals surface area contributed by atoms with Gasteiger partial charge < -0.3 is 15.0 Å². The summed E-state index contributed by atoms with van der Waals surface area (Å²) in [6.07, 6.45) is 0.527. The summed E-state index contributed by atoms with van der Waals surface area (Å²) in [7, 11) is 0. The van der Waals surface area contributed by atoms with Gasteiger partial charge in [-0.05, 0) is 61.1 Å². The van der Waals surface area contributed by atoms with Crippen LogP contribution in [0.25, 0.3) is 0 Å². The van der Waals surface area contributed by atoms with Gasteiger partial charge in [-0.2, -0.15) is 0 Å². The van der Waals surface area contributed by atoms with E-state index in [4.69, 9.17) is 4.74 Å². The quantitative estimate of drug-likeness (QED) is 0.510. The van der Waals surface area contributed by atoms with Crippen molar-refractivity contribution in [2.24, 2.45) is 5.92 Å². The number of halogens is 1. The van der Waals surface area contributed by atoms with E-state index in [9.17, 15) is 9.59 Å². The van der Waals surface area contributed by atoms with Crippen LogP contribution in [0.4, 0.5) is 0 Å². The lowest BCUT2D eigenvalue weighted by Crippen LogP contribution is -2.50. The van der Waals surface area contributed by atoms with Crippen LogP contribution in [0, 0.1) is 19.8 Å². The van der Waals surface area contributed by atoms with E-state index in [1.54, 1.807) is 4.90 Å². The summed E-state index contributed by atoms with van der Waals surface area (Å²) in [4.78, 5) is 27.8. The minimum absolute atomic E-state index is 0.124. The predicted octanol–water partition coefficient (Wildman–Crippen LogP) is 5.02. The number of nitrogens with zero attached hydrogens (tertiary/aromatic N) is 1. The van der Waals surface area contributed by atoms with Gasteiger partial charge in [0.15, 0.2) is 6.61 Å². The summed E-state index contributed by atoms with van der Waals surface area (Å²) in [5, 5.41) is 2.98. The Labute approximate surface area is 194 Å². The van der Waals surface area contributed by atoms with Crippen LogP contribution in [0.2, 0.25) is 0 Å². The van der Waals surface area contributed by atoms with Crippen LogP contribution in [0.1, 0.15) is 43.9 Å². The Hall–Kier alpha value is -2.34. The second-order valence-corrected chi connectivity index (χ2v) is 9.07. The average Bonchev–Trinajstić information content (AvgIpc) is 2.74. The van der Waals surface area contributed by atoms with Crippen molar-refractivity contribution in [2.75, 3.05) is 13.2 Å². The molecule has 0 aliphatic rings. The van der Waals surface area contributed by atoms with Crippen molar-refractivity contribution < 1.29 is 14.3 Å². The molecule has 2 amide bonds. The molecule has 1 N–H and O–H groups in total. The van der Waals surface area contributed by atoms with Gasteiger partial charge in [-0.15, -0.1) is 0 Å². The molecule has 0 spiro atoms. The first kappa shape index (κ1) is 24.9. The van der Waals surface area contributed by atoms with Gasteiger partial charge in [-0.25, -0.2) is 0 Å². The largest absolute Gasteiger partial charge is 0.484 e. The van der Waals surface area contributed by atoms with Gasteiger partial charge in [0.1, 0.15) is 11.8 Å². The number of ether oxygens (including phenoxy) is 1. The standard InChI is InChI=1S/C25H33BrN2O3/c1-6-23(25(30)27-14-17(2)3)28(15-20-10-8-7-9-18(20)4)24(29)16-31-21-11-12-22(26)19(5)13-21/h7-13,17,23H,6,14-16H2,1-5H3,(H,27,30)/t23-/m0/s1. The Bertz CT molecular complexity index is 898. The zero-order valence-electron chi connectivity index (χ0n) is 19.1. The Kier molecular flexibility index (Phi) is 9.56. The number of rotatable bonds is 10. The number of aryl methyl sites for hydroxylation is 2. The van der Waals surface area contributed by atoms with E-state index >= 15 is 0 Å². The van der Waals surface area contributed by atoms with E-state index in [0.717, 1.165) is 21.2 Å². The highest BCUT2D eigenvalue weighted by Gasteiger charge is 2.29. The average molecular weight is 489 g/mol. The number of carbonyl (C=O) groups excluding carboxylic acids is 2. The van der Waals surface area contributed by atoms with Crippen LogP contribution in [0.3, 0.4) is 0 Å². The van der Waals surface area contributed by atoms with Crippen LogP contribution < -0.4 is 10.1 Å². The fourth-order valence-corrected chi connectivity index (χ4v) is 3.49. The lowest BCUT2D eigenvalue weighted by molar-refractivity contribution is -0.143. The van der Waals surface area contributed by atoms with Crippen molar-refractivity contribution in [3.63, 3.8) is 0 Å². The molecule has 0 saturated heterocycles. The van der Waals surface area contributed by atoms with Gasteiger partial charge >= 0.3 is 0 Å². The minimum Gasteiger partial charge on any atom is -0.484 e. The van der Waals surface area contributed by atoms with Crippen molar-refractivity contribution in [2.45, 2.75) is 53.6 Å². The maximum Gasteiger partial charge on any atom is 0.261 e. The van der Waals surface area contributed by atoms with Crippen LogP contribution in [-0.4, -0.2) is 35.9 Å². The van der Waals surface area contributed by atoms with Crippen molar-refractivity contribution in [1.29, 1.82) is 0 Å². The topological polar surface area (TPSA) is 58.6 Å². The highest BCUT2D eigenvalue weighted by molar-refractivity contribution is 9.10. The Balaban J connectivity index is 2.22. The van der Waals surface area contributed by atoms with Crippen molar-refractivity contribution in [3.8, 4) is 5.75 Å². The Morgan fingerprint density at radius 2 is 1.81 bits per heavy atom. The zero-order valence-corrected chi connectivity index (χ0v) is 20.7. The molecular formula is C25H33BrN2O3. The maximum absolute atomic E-state index is 13.2. The molecule has 2 rings (SSSR count). The first-order valence-electron chi connectivity index (χ1n) is 10.7. The summed E-state index contributed by atoms with van der Waals surface area (Å²) < 4.78 is 6.77. The van der Waals surface area contributed by atoms with E-state index in [1.165, 1.54) is 0 Å². The molecule has 1 atom stereocenters. The summed E-state index contributed by atoms with van der Waals surface area (Å²) in [5.41, 5.74) is 3.13. The Morgan fingerprint density at radius 1 is 1.10 bits per heavy atom. The second-order valence-electron chi connectivity index (χ2n) is 8.21. The summed E-state index contributed by atoms with van der Waals surface area (Å²) in [6.45, 7) is 10.8. The van der Waals surface area contributed by atoms with Gasteiger partial charge in [0.05, 0.1) is 0 Å². The molecule has 2 aromatic rings. The van der Waals surface area contributed by atoms with Crippen LogP contribution in [-0.2, 0) is 16.1 Å². The van der Waals surface area contributed by atoms with Crippen LogP contribution in [0.5, 0.6) is 5.75 Å². The molecule has 0 aliphatic heterocycles. The molecule has 0 heterocycles. The van der Waals surface area contributed by atoms with Crippen molar-refractivity contribution in [1.82, 2.24) is 10.2 Å². The lowest BCUT2D eigenvalue weighted by Gasteiger charge is -2.31. The van der Waals surface area contributed by atoms with E-state index in [2.05, 4.69) is 21.2 Å². The molecule has 2 aromatic carbocycles. The first-order valence-corrected chi connectivity index (χ1v) is 11.5. The van der Waals surface area contributed by atoms with Gasteiger partial charge in [0.25, 0.3) is 5.91 Å². The summed E-state index contributed by atoms with van der Waals surface area (Å²) >= 11 is 3.47. The molecular weight excluding hydrogens is 456 g/mol.